The van der Waals surface area contributed by atoms with Crippen molar-refractivity contribution < 1.29 is 0 Å². The molecule has 2 unspecified atom stereocenters. The lowest BCUT2D eigenvalue weighted by molar-refractivity contribution is 0.419. The van der Waals surface area contributed by atoms with E-state index < -0.39 is 0 Å². The highest BCUT2D eigenvalue weighted by Gasteiger charge is 2.25. The highest BCUT2D eigenvalue weighted by Crippen LogP contribution is 2.35. The Morgan fingerprint density at radius 3 is 3.36 bits per heavy atom. The Bertz CT molecular complexity index is 236. The molecular formula is C11H14. The summed E-state index contributed by atoms with van der Waals surface area (Å²) in [6.07, 6.45) is 7.37. The summed E-state index contributed by atoms with van der Waals surface area (Å²) >= 11 is 0. The molecule has 0 nitrogen and oxygen atoms in total. The van der Waals surface area contributed by atoms with Crippen molar-refractivity contribution in [3.63, 3.8) is 0 Å². The molecule has 0 aromatic carbocycles. The van der Waals surface area contributed by atoms with Gasteiger partial charge in [0.1, 0.15) is 0 Å². The Hall–Kier alpha value is -0.700. The van der Waals surface area contributed by atoms with Gasteiger partial charge in [0, 0.05) is 12.0 Å². The quantitative estimate of drug-likeness (QED) is 0.461. The van der Waals surface area contributed by atoms with Gasteiger partial charge in [-0.25, -0.2) is 0 Å². The van der Waals surface area contributed by atoms with Gasteiger partial charge in [-0.2, -0.15) is 0 Å². The van der Waals surface area contributed by atoms with Gasteiger partial charge in [0.25, 0.3) is 0 Å². The van der Waals surface area contributed by atoms with Gasteiger partial charge in [0.05, 0.1) is 0 Å². The average Bonchev–Trinajstić information content (AvgIpc) is 2.25. The first-order chi connectivity index (χ1) is 5.38. The molecule has 58 valence electrons. The molecule has 0 spiro atoms. The Labute approximate surface area is 68.7 Å². The fourth-order valence-corrected chi connectivity index (χ4v) is 2.09. The Morgan fingerprint density at radius 2 is 2.45 bits per heavy atom. The molecule has 0 saturated heterocycles. The Morgan fingerprint density at radius 1 is 1.55 bits per heavy atom. The average molecular weight is 146 g/mol. The summed E-state index contributed by atoms with van der Waals surface area (Å²) in [5.41, 5.74) is 1.44. The second kappa shape index (κ2) is 2.74. The topological polar surface area (TPSA) is 0 Å². The monoisotopic (exact) mass is 146 g/mol. The molecule has 2 rings (SSSR count). The van der Waals surface area contributed by atoms with Gasteiger partial charge in [0.15, 0.2) is 0 Å². The van der Waals surface area contributed by atoms with Crippen LogP contribution in [0.1, 0.15) is 32.6 Å². The first-order valence-corrected chi connectivity index (χ1v) is 4.57. The van der Waals surface area contributed by atoms with Crippen LogP contribution in [-0.4, -0.2) is 0 Å². The predicted molar refractivity (Wildman–Crippen MR) is 47.0 cm³/mol. The van der Waals surface area contributed by atoms with Crippen molar-refractivity contribution in [2.24, 2.45) is 11.8 Å². The van der Waals surface area contributed by atoms with Crippen LogP contribution >= 0.6 is 0 Å². The zero-order valence-corrected chi connectivity index (χ0v) is 7.06. The fourth-order valence-electron chi connectivity index (χ4n) is 2.09. The van der Waals surface area contributed by atoms with E-state index in [1.165, 1.54) is 24.8 Å². The maximum absolute atomic E-state index is 3.29. The van der Waals surface area contributed by atoms with Crippen LogP contribution in [0.5, 0.6) is 0 Å². The molecule has 0 bridgehead atoms. The second-order valence-corrected chi connectivity index (χ2v) is 3.67. The third-order valence-electron chi connectivity index (χ3n) is 2.85. The molecule has 0 N–H and O–H groups in total. The summed E-state index contributed by atoms with van der Waals surface area (Å²) in [7, 11) is 0. The van der Waals surface area contributed by atoms with Crippen molar-refractivity contribution in [3.8, 4) is 11.8 Å². The van der Waals surface area contributed by atoms with Crippen LogP contribution in [-0.2, 0) is 0 Å². The van der Waals surface area contributed by atoms with Crippen molar-refractivity contribution in [1.29, 1.82) is 0 Å². The van der Waals surface area contributed by atoms with E-state index in [1.807, 2.05) is 0 Å². The molecule has 2 aliphatic rings. The standard InChI is InChI=1S/C11H14/c1-9-7-8-10-5-3-2-4-6-11(9)10/h8-9,11H,2,4,6-7H2,1H3. The van der Waals surface area contributed by atoms with E-state index in [-0.39, 0.29) is 0 Å². The molecule has 11 heavy (non-hydrogen) atoms. The number of hydrogen-bond acceptors (Lipinski definition) is 0. The molecule has 0 heteroatoms. The van der Waals surface area contributed by atoms with E-state index in [0.29, 0.717) is 0 Å². The van der Waals surface area contributed by atoms with Crippen molar-refractivity contribution in [2.75, 3.05) is 0 Å². The van der Waals surface area contributed by atoms with E-state index in [1.54, 1.807) is 0 Å². The summed E-state index contributed by atoms with van der Waals surface area (Å²) < 4.78 is 0. The van der Waals surface area contributed by atoms with Crippen LogP contribution in [0.2, 0.25) is 0 Å². The van der Waals surface area contributed by atoms with Crippen LogP contribution in [0.3, 0.4) is 0 Å². The SMILES string of the molecule is CC1CC=C2C#CCCCC21. The van der Waals surface area contributed by atoms with E-state index in [2.05, 4.69) is 24.8 Å². The third kappa shape index (κ3) is 1.20. The Kier molecular flexibility index (Phi) is 1.74. The summed E-state index contributed by atoms with van der Waals surface area (Å²) in [4.78, 5) is 0. The Balaban J connectivity index is 2.22. The van der Waals surface area contributed by atoms with Gasteiger partial charge in [-0.15, -0.1) is 0 Å². The summed E-state index contributed by atoms with van der Waals surface area (Å²) in [6.45, 7) is 2.35. The van der Waals surface area contributed by atoms with Crippen LogP contribution in [0.25, 0.3) is 0 Å². The second-order valence-electron chi connectivity index (χ2n) is 3.67. The molecule has 0 aliphatic heterocycles. The van der Waals surface area contributed by atoms with E-state index in [4.69, 9.17) is 0 Å². The van der Waals surface area contributed by atoms with Crippen molar-refractivity contribution in [1.82, 2.24) is 0 Å². The third-order valence-corrected chi connectivity index (χ3v) is 2.85. The molecule has 0 aromatic heterocycles. The van der Waals surface area contributed by atoms with E-state index in [9.17, 15) is 0 Å². The van der Waals surface area contributed by atoms with Crippen LogP contribution in [0.4, 0.5) is 0 Å². The lowest BCUT2D eigenvalue weighted by Gasteiger charge is -2.14. The van der Waals surface area contributed by atoms with E-state index in [0.717, 1.165) is 18.3 Å². The predicted octanol–water partition coefficient (Wildman–Crippen LogP) is 2.76. The number of fused-ring (bicyclic) bond motifs is 1. The zero-order valence-electron chi connectivity index (χ0n) is 7.06. The summed E-state index contributed by atoms with van der Waals surface area (Å²) in [6, 6.07) is 0. The van der Waals surface area contributed by atoms with Crippen LogP contribution in [0.15, 0.2) is 11.6 Å². The highest BCUT2D eigenvalue weighted by molar-refractivity contribution is 5.35. The lowest BCUT2D eigenvalue weighted by atomic mass is 9.89. The molecule has 0 radical (unpaired) electrons. The molecule has 0 saturated carbocycles. The molecule has 0 fully saturated rings. The van der Waals surface area contributed by atoms with Crippen molar-refractivity contribution in [3.05, 3.63) is 11.6 Å². The maximum Gasteiger partial charge on any atom is 0.00925 e. The van der Waals surface area contributed by atoms with Crippen LogP contribution < -0.4 is 0 Å². The summed E-state index contributed by atoms with van der Waals surface area (Å²) in [5.74, 6) is 8.17. The number of rotatable bonds is 0. The van der Waals surface area contributed by atoms with Gasteiger partial charge in [-0.1, -0.05) is 24.8 Å². The molecule has 2 atom stereocenters. The van der Waals surface area contributed by atoms with Gasteiger partial charge in [-0.05, 0) is 31.1 Å². The molecule has 2 aliphatic carbocycles. The van der Waals surface area contributed by atoms with Gasteiger partial charge < -0.3 is 0 Å². The fraction of sp³-hybridized carbons (Fsp3) is 0.636. The summed E-state index contributed by atoms with van der Waals surface area (Å²) in [5, 5.41) is 0. The van der Waals surface area contributed by atoms with Crippen molar-refractivity contribution in [2.45, 2.75) is 32.6 Å². The number of hydrogen-bond donors (Lipinski definition) is 0. The van der Waals surface area contributed by atoms with Gasteiger partial charge in [0.2, 0.25) is 0 Å². The molecule has 0 amide bonds. The first-order valence-electron chi connectivity index (χ1n) is 4.57. The lowest BCUT2D eigenvalue weighted by Crippen LogP contribution is -2.06. The highest BCUT2D eigenvalue weighted by atomic mass is 14.3. The van der Waals surface area contributed by atoms with Gasteiger partial charge >= 0.3 is 0 Å². The minimum absolute atomic E-state index is 0.810. The largest absolute Gasteiger partial charge is 0.0982 e. The van der Waals surface area contributed by atoms with Gasteiger partial charge in [-0.3, -0.25) is 0 Å². The van der Waals surface area contributed by atoms with Crippen molar-refractivity contribution >= 4 is 0 Å². The normalized spacial score (nSPS) is 34.8. The van der Waals surface area contributed by atoms with Crippen LogP contribution in [0, 0.1) is 23.7 Å². The minimum atomic E-state index is 0.810. The maximum atomic E-state index is 3.29. The molecule has 0 aromatic rings. The zero-order chi connectivity index (χ0) is 7.68. The smallest absolute Gasteiger partial charge is 0.00925 e. The molecular weight excluding hydrogens is 132 g/mol. The minimum Gasteiger partial charge on any atom is -0.0982 e. The molecule has 0 heterocycles. The number of allylic oxidation sites excluding steroid dienone is 2. The first kappa shape index (κ1) is 6.98. The van der Waals surface area contributed by atoms with E-state index >= 15 is 0 Å².